The van der Waals surface area contributed by atoms with E-state index in [-0.39, 0.29) is 18.0 Å². The number of piperidine rings is 2. The molecule has 0 spiro atoms. The number of Topliss-reactive ketones (excluding diaryl/α,β-unsaturated/α-hetero) is 2. The van der Waals surface area contributed by atoms with Gasteiger partial charge in [-0.1, -0.05) is 13.8 Å². The molecule has 2 saturated heterocycles. The van der Waals surface area contributed by atoms with E-state index in [0.717, 1.165) is 59.5 Å². The highest BCUT2D eigenvalue weighted by Gasteiger charge is 2.30. The Morgan fingerprint density at radius 3 is 1.58 bits per heavy atom. The fourth-order valence-corrected chi connectivity index (χ4v) is 7.74. The lowest BCUT2D eigenvalue weighted by Gasteiger charge is -2.33. The van der Waals surface area contributed by atoms with Gasteiger partial charge in [0.25, 0.3) is 6.47 Å². The number of nitrogens with one attached hydrogen (secondary N) is 1. The first-order valence-corrected chi connectivity index (χ1v) is 16.7. The van der Waals surface area contributed by atoms with Crippen molar-refractivity contribution in [3.05, 3.63) is 70.3 Å². The summed E-state index contributed by atoms with van der Waals surface area (Å²) in [5, 5.41) is 19.3. The van der Waals surface area contributed by atoms with Crippen LogP contribution in [0.2, 0.25) is 0 Å². The largest absolute Gasteiger partial charge is 0.483 e. The molecule has 0 amide bonds. The van der Waals surface area contributed by atoms with Crippen LogP contribution in [-0.4, -0.2) is 87.3 Å². The smallest absolute Gasteiger partial charge is 0.290 e. The molecule has 0 saturated carbocycles. The van der Waals surface area contributed by atoms with Gasteiger partial charge in [-0.25, -0.2) is 9.03 Å². The molecule has 2 unspecified atom stereocenters. The second-order valence-electron chi connectivity index (χ2n) is 12.9. The average Bonchev–Trinajstić information content (AvgIpc) is 3.56. The van der Waals surface area contributed by atoms with Crippen molar-refractivity contribution in [3.8, 4) is 0 Å². The number of carboxylic acid groups (broad SMARTS) is 1. The van der Waals surface area contributed by atoms with E-state index >= 15 is 0 Å². The molecule has 11 heteroatoms. The van der Waals surface area contributed by atoms with E-state index in [0.29, 0.717) is 23.7 Å². The Morgan fingerprint density at radius 2 is 1.21 bits per heavy atom. The number of carbonyl (C=O) groups excluding carboxylic acids is 3. The summed E-state index contributed by atoms with van der Waals surface area (Å²) in [6.45, 7) is 18.3. The second kappa shape index (κ2) is 17.8. The Kier molecular flexibility index (Phi) is 14.2. The SMILES string of the molecule is C=O.CC(=O)c1c(C)c(C(C)C2CCN(C)CC2)n2ncccc12.CC(=O)c1c(C)c(C(C)C2CCNCC2)n2ncccc12.O=CO. The third-order valence-electron chi connectivity index (χ3n) is 10.1. The highest BCUT2D eigenvalue weighted by Crippen LogP contribution is 2.37. The van der Waals surface area contributed by atoms with Crippen molar-refractivity contribution in [1.29, 1.82) is 0 Å². The maximum atomic E-state index is 12.1. The fraction of sp³-hybridized carbons (Fsp3) is 0.514. The molecule has 2 fully saturated rings. The standard InChI is InChI=1S/C18H25N3O.C17H23N3O.CH2O2.CH2O/c1-12(15-7-10-20(4)11-8-15)18-13(2)17(14(3)22)16-6-5-9-19-21(16)18;1-11(14-6-9-18-10-7-14)17-12(2)16(13(3)21)15-5-4-8-19-20(15)17;2-1-3;1-2/h5-6,9,12,15H,7-8,10-11H2,1-4H3;4-5,8,11,14,18H,6-7,9-10H2,1-3H3;1H,(H,2,3);1H2. The van der Waals surface area contributed by atoms with E-state index in [9.17, 15) is 9.59 Å². The zero-order valence-electron chi connectivity index (χ0n) is 29.5. The van der Waals surface area contributed by atoms with E-state index in [1.54, 1.807) is 26.2 Å². The molecule has 2 aliphatic rings. The minimum atomic E-state index is -0.250. The van der Waals surface area contributed by atoms with E-state index in [1.807, 2.05) is 40.1 Å². The molecule has 4 aromatic heterocycles. The summed E-state index contributed by atoms with van der Waals surface area (Å²) in [6.07, 6.45) is 8.42. The van der Waals surface area contributed by atoms with Gasteiger partial charge in [-0.2, -0.15) is 10.2 Å². The molecule has 6 rings (SSSR count). The number of likely N-dealkylation sites (tertiary alicyclic amines) is 1. The molecule has 0 aliphatic carbocycles. The molecule has 6 heterocycles. The molecular weight excluding hydrogens is 608 g/mol. The maximum Gasteiger partial charge on any atom is 0.290 e. The first-order valence-electron chi connectivity index (χ1n) is 16.7. The molecular formula is C37H52N6O5. The molecule has 0 radical (unpaired) electrons. The zero-order chi connectivity index (χ0) is 35.5. The van der Waals surface area contributed by atoms with E-state index in [4.69, 9.17) is 14.7 Å². The van der Waals surface area contributed by atoms with Crippen molar-refractivity contribution in [2.45, 2.75) is 79.1 Å². The number of nitrogens with zero attached hydrogens (tertiary/aromatic N) is 5. The second-order valence-corrected chi connectivity index (χ2v) is 12.9. The van der Waals surface area contributed by atoms with E-state index in [1.165, 1.54) is 37.1 Å². The summed E-state index contributed by atoms with van der Waals surface area (Å²) in [6, 6.07) is 7.81. The Morgan fingerprint density at radius 1 is 0.833 bits per heavy atom. The van der Waals surface area contributed by atoms with Crippen molar-refractivity contribution in [3.63, 3.8) is 0 Å². The van der Waals surface area contributed by atoms with Gasteiger partial charge in [-0.15, -0.1) is 0 Å². The predicted octanol–water partition coefficient (Wildman–Crippen LogP) is 5.75. The highest BCUT2D eigenvalue weighted by atomic mass is 16.3. The number of rotatable bonds is 6. The minimum absolute atomic E-state index is 0.127. The molecule has 2 atom stereocenters. The van der Waals surface area contributed by atoms with Crippen molar-refractivity contribution in [1.82, 2.24) is 29.4 Å². The Hall–Kier alpha value is -4.22. The third-order valence-corrected chi connectivity index (χ3v) is 10.1. The number of ketones is 2. The van der Waals surface area contributed by atoms with Crippen molar-refractivity contribution >= 4 is 35.9 Å². The van der Waals surface area contributed by atoms with Gasteiger partial charge in [0.2, 0.25) is 0 Å². The highest BCUT2D eigenvalue weighted by molar-refractivity contribution is 6.03. The van der Waals surface area contributed by atoms with Gasteiger partial charge < -0.3 is 20.1 Å². The Labute approximate surface area is 283 Å². The summed E-state index contributed by atoms with van der Waals surface area (Å²) in [5.41, 5.74) is 8.20. The number of fused-ring (bicyclic) bond motifs is 2. The summed E-state index contributed by atoms with van der Waals surface area (Å²) in [4.78, 5) is 42.9. The monoisotopic (exact) mass is 660 g/mol. The Balaban J connectivity index is 0.000000230. The number of hydrogen-bond acceptors (Lipinski definition) is 8. The molecule has 2 N–H and O–H groups in total. The third kappa shape index (κ3) is 8.25. The van der Waals surface area contributed by atoms with Gasteiger partial charge in [0.1, 0.15) is 6.79 Å². The van der Waals surface area contributed by atoms with Crippen molar-refractivity contribution < 1.29 is 24.3 Å². The lowest BCUT2D eigenvalue weighted by Crippen LogP contribution is -2.32. The van der Waals surface area contributed by atoms with E-state index in [2.05, 4.69) is 55.2 Å². The number of carbonyl (C=O) groups is 4. The molecule has 4 aromatic rings. The predicted molar refractivity (Wildman–Crippen MR) is 188 cm³/mol. The topological polar surface area (TPSA) is 138 Å². The lowest BCUT2D eigenvalue weighted by molar-refractivity contribution is -0.122. The van der Waals surface area contributed by atoms with Crippen molar-refractivity contribution in [2.24, 2.45) is 11.8 Å². The number of aromatic nitrogens is 4. The Bertz CT molecular complexity index is 1680. The van der Waals surface area contributed by atoms with Crippen LogP contribution in [0, 0.1) is 25.7 Å². The lowest BCUT2D eigenvalue weighted by atomic mass is 9.82. The quantitative estimate of drug-likeness (QED) is 0.195. The van der Waals surface area contributed by atoms with Crippen molar-refractivity contribution in [2.75, 3.05) is 33.2 Å². The van der Waals surface area contributed by atoms with Crippen LogP contribution >= 0.6 is 0 Å². The minimum Gasteiger partial charge on any atom is -0.483 e. The van der Waals surface area contributed by atoms with Crippen LogP contribution in [-0.2, 0) is 9.59 Å². The zero-order valence-corrected chi connectivity index (χ0v) is 29.5. The van der Waals surface area contributed by atoms with Crippen LogP contribution in [0.15, 0.2) is 36.7 Å². The van der Waals surface area contributed by atoms with Gasteiger partial charge in [0.15, 0.2) is 11.6 Å². The fourth-order valence-electron chi connectivity index (χ4n) is 7.74. The van der Waals surface area contributed by atoms with Crippen LogP contribution in [0.3, 0.4) is 0 Å². The molecule has 48 heavy (non-hydrogen) atoms. The summed E-state index contributed by atoms with van der Waals surface area (Å²) >= 11 is 0. The molecule has 2 aliphatic heterocycles. The normalized spacial score (nSPS) is 16.8. The maximum absolute atomic E-state index is 12.1. The van der Waals surface area contributed by atoms with Crippen LogP contribution in [0.4, 0.5) is 0 Å². The summed E-state index contributed by atoms with van der Waals surface area (Å²) in [5.74, 6) is 2.41. The van der Waals surface area contributed by atoms with Crippen LogP contribution < -0.4 is 5.32 Å². The van der Waals surface area contributed by atoms with Gasteiger partial charge >= 0.3 is 0 Å². The van der Waals surface area contributed by atoms with Gasteiger partial charge in [-0.05, 0) is 134 Å². The summed E-state index contributed by atoms with van der Waals surface area (Å²) < 4.78 is 3.98. The molecule has 0 bridgehead atoms. The van der Waals surface area contributed by atoms with Crippen LogP contribution in [0.5, 0.6) is 0 Å². The summed E-state index contributed by atoms with van der Waals surface area (Å²) in [7, 11) is 2.19. The van der Waals surface area contributed by atoms with Crippen LogP contribution in [0.1, 0.15) is 108 Å². The van der Waals surface area contributed by atoms with Gasteiger partial charge in [-0.3, -0.25) is 14.4 Å². The molecule has 260 valence electrons. The number of hydrogen-bond donors (Lipinski definition) is 2. The van der Waals surface area contributed by atoms with Crippen LogP contribution in [0.25, 0.3) is 11.0 Å². The first-order chi connectivity index (χ1) is 23.0. The van der Waals surface area contributed by atoms with Gasteiger partial charge in [0.05, 0.1) is 11.0 Å². The molecule has 0 aromatic carbocycles. The van der Waals surface area contributed by atoms with Gasteiger partial charge in [0, 0.05) is 46.7 Å². The first kappa shape index (κ1) is 38.2. The average molecular weight is 661 g/mol. The molecule has 11 nitrogen and oxygen atoms in total. The van der Waals surface area contributed by atoms with E-state index < -0.39 is 0 Å².